The van der Waals surface area contributed by atoms with E-state index >= 15 is 0 Å². The van der Waals surface area contributed by atoms with Gasteiger partial charge in [0.15, 0.2) is 0 Å². The number of H-pyrrole nitrogens is 1. The van der Waals surface area contributed by atoms with Crippen LogP contribution in [-0.2, 0) is 0 Å². The standard InChI is InChI=1S/C11H15N3O2/c15-10-9(7-12-8-13-10)11(16)14-5-3-1-2-4-6-14/h7-8H,1-6H2,(H,12,13,15). The summed E-state index contributed by atoms with van der Waals surface area (Å²) in [5, 5.41) is 0. The van der Waals surface area contributed by atoms with Crippen molar-refractivity contribution in [1.29, 1.82) is 0 Å². The number of rotatable bonds is 1. The fraction of sp³-hybridized carbons (Fsp3) is 0.545. The normalized spacial score (nSPS) is 16.9. The van der Waals surface area contributed by atoms with Gasteiger partial charge in [-0.15, -0.1) is 0 Å². The van der Waals surface area contributed by atoms with Gasteiger partial charge in [-0.25, -0.2) is 4.98 Å². The van der Waals surface area contributed by atoms with Gasteiger partial charge < -0.3 is 9.88 Å². The number of aromatic amines is 1. The van der Waals surface area contributed by atoms with Crippen LogP contribution < -0.4 is 5.56 Å². The summed E-state index contributed by atoms with van der Waals surface area (Å²) in [6.45, 7) is 1.49. The molecular formula is C11H15N3O2. The van der Waals surface area contributed by atoms with Crippen LogP contribution in [-0.4, -0.2) is 33.9 Å². The molecule has 1 saturated heterocycles. The Kier molecular flexibility index (Phi) is 3.34. The Morgan fingerprint density at radius 3 is 2.56 bits per heavy atom. The third-order valence-corrected chi connectivity index (χ3v) is 2.84. The number of likely N-dealkylation sites (tertiary alicyclic amines) is 1. The molecule has 1 aliphatic rings. The molecule has 0 radical (unpaired) electrons. The van der Waals surface area contributed by atoms with Gasteiger partial charge in [0.05, 0.1) is 6.33 Å². The molecule has 2 rings (SSSR count). The summed E-state index contributed by atoms with van der Waals surface area (Å²) in [6.07, 6.45) is 6.99. The Labute approximate surface area is 93.5 Å². The minimum Gasteiger partial charge on any atom is -0.338 e. The fourth-order valence-electron chi connectivity index (χ4n) is 1.94. The van der Waals surface area contributed by atoms with Gasteiger partial charge in [-0.2, -0.15) is 0 Å². The second-order valence-electron chi connectivity index (χ2n) is 4.00. The molecule has 2 heterocycles. The quantitative estimate of drug-likeness (QED) is 0.762. The van der Waals surface area contributed by atoms with Gasteiger partial charge in [0.2, 0.25) is 0 Å². The summed E-state index contributed by atoms with van der Waals surface area (Å²) in [6, 6.07) is 0. The van der Waals surface area contributed by atoms with Crippen LogP contribution in [0.25, 0.3) is 0 Å². The molecule has 1 aromatic rings. The van der Waals surface area contributed by atoms with Crippen molar-refractivity contribution >= 4 is 5.91 Å². The van der Waals surface area contributed by atoms with Gasteiger partial charge in [-0.05, 0) is 12.8 Å². The summed E-state index contributed by atoms with van der Waals surface area (Å²) in [5.41, 5.74) is -0.214. The molecule has 0 unspecified atom stereocenters. The van der Waals surface area contributed by atoms with Crippen molar-refractivity contribution in [2.75, 3.05) is 13.1 Å². The van der Waals surface area contributed by atoms with E-state index in [1.54, 1.807) is 4.90 Å². The minimum atomic E-state index is -0.357. The van der Waals surface area contributed by atoms with Crippen LogP contribution in [0.5, 0.6) is 0 Å². The number of hydrogen-bond donors (Lipinski definition) is 1. The molecule has 1 amide bonds. The van der Waals surface area contributed by atoms with E-state index in [0.717, 1.165) is 38.8 Å². The van der Waals surface area contributed by atoms with Gasteiger partial charge in [0, 0.05) is 19.3 Å². The minimum absolute atomic E-state index is 0.143. The first kappa shape index (κ1) is 10.9. The van der Waals surface area contributed by atoms with Crippen LogP contribution in [0, 0.1) is 0 Å². The van der Waals surface area contributed by atoms with Gasteiger partial charge in [0.25, 0.3) is 11.5 Å². The maximum atomic E-state index is 12.0. The maximum absolute atomic E-state index is 12.0. The number of carbonyl (C=O) groups is 1. The molecule has 0 saturated carbocycles. The predicted molar refractivity (Wildman–Crippen MR) is 59.2 cm³/mol. The van der Waals surface area contributed by atoms with E-state index in [1.165, 1.54) is 12.5 Å². The first-order valence-electron chi connectivity index (χ1n) is 5.61. The lowest BCUT2D eigenvalue weighted by atomic mass is 10.2. The second-order valence-corrected chi connectivity index (χ2v) is 4.00. The molecular weight excluding hydrogens is 206 g/mol. The highest BCUT2D eigenvalue weighted by Crippen LogP contribution is 2.11. The average Bonchev–Trinajstić information content (AvgIpc) is 2.57. The summed E-state index contributed by atoms with van der Waals surface area (Å²) in [5.74, 6) is -0.198. The van der Waals surface area contributed by atoms with E-state index in [2.05, 4.69) is 9.97 Å². The van der Waals surface area contributed by atoms with Crippen LogP contribution in [0.4, 0.5) is 0 Å². The number of amides is 1. The van der Waals surface area contributed by atoms with Crippen molar-refractivity contribution < 1.29 is 4.79 Å². The average molecular weight is 221 g/mol. The van der Waals surface area contributed by atoms with E-state index in [4.69, 9.17) is 0 Å². The summed E-state index contributed by atoms with van der Waals surface area (Å²) in [7, 11) is 0. The van der Waals surface area contributed by atoms with E-state index < -0.39 is 0 Å². The van der Waals surface area contributed by atoms with Crippen molar-refractivity contribution in [2.45, 2.75) is 25.7 Å². The second kappa shape index (κ2) is 4.92. The van der Waals surface area contributed by atoms with Crippen molar-refractivity contribution in [3.63, 3.8) is 0 Å². The maximum Gasteiger partial charge on any atom is 0.263 e. The molecule has 5 nitrogen and oxygen atoms in total. The SMILES string of the molecule is O=C(c1cnc[nH]c1=O)N1CCCCCC1. The third kappa shape index (κ3) is 2.29. The summed E-state index contributed by atoms with van der Waals surface area (Å²) < 4.78 is 0. The molecule has 1 aliphatic heterocycles. The Morgan fingerprint density at radius 1 is 1.25 bits per heavy atom. The third-order valence-electron chi connectivity index (χ3n) is 2.84. The number of hydrogen-bond acceptors (Lipinski definition) is 3. The molecule has 86 valence electrons. The Bertz CT molecular complexity index is 419. The number of carbonyl (C=O) groups excluding carboxylic acids is 1. The molecule has 1 aromatic heterocycles. The Morgan fingerprint density at radius 2 is 1.94 bits per heavy atom. The molecule has 0 aromatic carbocycles. The van der Waals surface area contributed by atoms with Crippen molar-refractivity contribution in [3.8, 4) is 0 Å². The molecule has 16 heavy (non-hydrogen) atoms. The highest BCUT2D eigenvalue weighted by molar-refractivity contribution is 5.93. The van der Waals surface area contributed by atoms with Gasteiger partial charge in [0.1, 0.15) is 5.56 Å². The lowest BCUT2D eigenvalue weighted by Crippen LogP contribution is -2.35. The van der Waals surface area contributed by atoms with Crippen LogP contribution in [0.2, 0.25) is 0 Å². The summed E-state index contributed by atoms with van der Waals surface area (Å²) >= 11 is 0. The topological polar surface area (TPSA) is 66.1 Å². The zero-order valence-corrected chi connectivity index (χ0v) is 9.11. The molecule has 0 bridgehead atoms. The first-order chi connectivity index (χ1) is 7.79. The monoisotopic (exact) mass is 221 g/mol. The lowest BCUT2D eigenvalue weighted by molar-refractivity contribution is 0.0759. The Balaban J connectivity index is 2.18. The Hall–Kier alpha value is -1.65. The van der Waals surface area contributed by atoms with Crippen LogP contribution in [0.3, 0.4) is 0 Å². The highest BCUT2D eigenvalue weighted by atomic mass is 16.2. The molecule has 0 aliphatic carbocycles. The smallest absolute Gasteiger partial charge is 0.263 e. The van der Waals surface area contributed by atoms with Gasteiger partial charge in [-0.3, -0.25) is 9.59 Å². The van der Waals surface area contributed by atoms with E-state index in [-0.39, 0.29) is 17.0 Å². The van der Waals surface area contributed by atoms with Crippen molar-refractivity contribution in [2.24, 2.45) is 0 Å². The molecule has 5 heteroatoms. The number of nitrogens with one attached hydrogen (secondary N) is 1. The van der Waals surface area contributed by atoms with Crippen LogP contribution in [0.15, 0.2) is 17.3 Å². The van der Waals surface area contributed by atoms with Crippen molar-refractivity contribution in [1.82, 2.24) is 14.9 Å². The lowest BCUT2D eigenvalue weighted by Gasteiger charge is -2.19. The van der Waals surface area contributed by atoms with E-state index in [1.807, 2.05) is 0 Å². The van der Waals surface area contributed by atoms with Crippen LogP contribution >= 0.6 is 0 Å². The number of aromatic nitrogens is 2. The van der Waals surface area contributed by atoms with E-state index in [9.17, 15) is 9.59 Å². The fourth-order valence-corrected chi connectivity index (χ4v) is 1.94. The first-order valence-corrected chi connectivity index (χ1v) is 5.61. The largest absolute Gasteiger partial charge is 0.338 e. The van der Waals surface area contributed by atoms with Gasteiger partial charge in [-0.1, -0.05) is 12.8 Å². The zero-order chi connectivity index (χ0) is 11.4. The van der Waals surface area contributed by atoms with E-state index in [0.29, 0.717) is 0 Å². The van der Waals surface area contributed by atoms with Gasteiger partial charge >= 0.3 is 0 Å². The zero-order valence-electron chi connectivity index (χ0n) is 9.11. The molecule has 1 N–H and O–H groups in total. The molecule has 0 atom stereocenters. The van der Waals surface area contributed by atoms with Crippen LogP contribution in [0.1, 0.15) is 36.0 Å². The summed E-state index contributed by atoms with van der Waals surface area (Å²) in [4.78, 5) is 31.4. The molecule has 0 spiro atoms. The number of nitrogens with zero attached hydrogens (tertiary/aromatic N) is 2. The molecule has 1 fully saturated rings. The van der Waals surface area contributed by atoms with Crippen molar-refractivity contribution in [3.05, 3.63) is 28.4 Å². The highest BCUT2D eigenvalue weighted by Gasteiger charge is 2.19. The predicted octanol–water partition coefficient (Wildman–Crippen LogP) is 0.786.